The van der Waals surface area contributed by atoms with Crippen LogP contribution in [0.4, 0.5) is 10.2 Å². The largest absolute Gasteiger partial charge is 0.437 e. The Labute approximate surface area is 124 Å². The van der Waals surface area contributed by atoms with Crippen molar-refractivity contribution in [3.8, 4) is 11.6 Å². The van der Waals surface area contributed by atoms with Crippen molar-refractivity contribution in [3.05, 3.63) is 39.9 Å². The third-order valence-electron chi connectivity index (χ3n) is 3.20. The maximum Gasteiger partial charge on any atom is 0.227 e. The molecule has 0 spiro atoms. The van der Waals surface area contributed by atoms with Crippen molar-refractivity contribution in [3.63, 3.8) is 0 Å². The average molecular weight is 338 g/mol. The minimum Gasteiger partial charge on any atom is -0.437 e. The second-order valence-electron chi connectivity index (χ2n) is 4.85. The Hall–Kier alpha value is -1.69. The lowest BCUT2D eigenvalue weighted by Crippen LogP contribution is -2.04. The van der Waals surface area contributed by atoms with E-state index in [1.807, 2.05) is 0 Å². The smallest absolute Gasteiger partial charge is 0.227 e. The Morgan fingerprint density at radius 2 is 2.10 bits per heavy atom. The van der Waals surface area contributed by atoms with Gasteiger partial charge in [-0.2, -0.15) is 4.98 Å². The molecule has 0 atom stereocenters. The molecule has 0 bridgehead atoms. The highest BCUT2D eigenvalue weighted by molar-refractivity contribution is 9.10. The first-order valence-corrected chi connectivity index (χ1v) is 7.11. The Kier molecular flexibility index (Phi) is 3.33. The van der Waals surface area contributed by atoms with Crippen LogP contribution >= 0.6 is 15.9 Å². The molecule has 20 heavy (non-hydrogen) atoms. The molecule has 0 aliphatic heterocycles. The summed E-state index contributed by atoms with van der Waals surface area (Å²) in [5, 5.41) is 0. The summed E-state index contributed by atoms with van der Waals surface area (Å²) in [5.74, 6) is 2.12. The van der Waals surface area contributed by atoms with Crippen molar-refractivity contribution >= 4 is 21.7 Å². The molecule has 6 heteroatoms. The lowest BCUT2D eigenvalue weighted by Gasteiger charge is -2.12. The van der Waals surface area contributed by atoms with E-state index >= 15 is 0 Å². The van der Waals surface area contributed by atoms with Gasteiger partial charge in [0, 0.05) is 5.92 Å². The summed E-state index contributed by atoms with van der Waals surface area (Å²) < 4.78 is 19.4. The highest BCUT2D eigenvalue weighted by Crippen LogP contribution is 2.40. The predicted molar refractivity (Wildman–Crippen MR) is 77.3 cm³/mol. The first-order chi connectivity index (χ1) is 9.54. The summed E-state index contributed by atoms with van der Waals surface area (Å²) >= 11 is 3.27. The molecular formula is C14H13BrFN3O. The summed E-state index contributed by atoms with van der Waals surface area (Å²) in [7, 11) is 0. The zero-order valence-corrected chi connectivity index (χ0v) is 12.4. The minimum absolute atomic E-state index is 0.332. The number of nitrogens with zero attached hydrogens (tertiary/aromatic N) is 2. The quantitative estimate of drug-likeness (QED) is 0.921. The van der Waals surface area contributed by atoms with Crippen molar-refractivity contribution < 1.29 is 9.13 Å². The van der Waals surface area contributed by atoms with Gasteiger partial charge >= 0.3 is 0 Å². The molecule has 1 aliphatic carbocycles. The van der Waals surface area contributed by atoms with Gasteiger partial charge in [-0.15, -0.1) is 0 Å². The fourth-order valence-electron chi connectivity index (χ4n) is 1.82. The lowest BCUT2D eigenvalue weighted by atomic mass is 10.3. The van der Waals surface area contributed by atoms with Gasteiger partial charge in [0.2, 0.25) is 5.88 Å². The fourth-order valence-corrected chi connectivity index (χ4v) is 2.25. The number of ether oxygens (including phenoxy) is 1. The van der Waals surface area contributed by atoms with E-state index in [-0.39, 0.29) is 5.82 Å². The van der Waals surface area contributed by atoms with Crippen LogP contribution in [-0.2, 0) is 0 Å². The number of hydrogen-bond acceptors (Lipinski definition) is 4. The molecule has 1 aromatic carbocycles. The number of nitrogen functional groups attached to an aromatic ring is 1. The zero-order valence-electron chi connectivity index (χ0n) is 10.9. The highest BCUT2D eigenvalue weighted by atomic mass is 79.9. The number of nitrogens with two attached hydrogens (primary N) is 1. The van der Waals surface area contributed by atoms with E-state index in [2.05, 4.69) is 25.9 Å². The molecule has 0 saturated heterocycles. The van der Waals surface area contributed by atoms with Gasteiger partial charge in [0.1, 0.15) is 23.2 Å². The molecule has 1 aromatic heterocycles. The van der Waals surface area contributed by atoms with Crippen molar-refractivity contribution in [2.24, 2.45) is 0 Å². The second-order valence-corrected chi connectivity index (χ2v) is 5.70. The number of aromatic nitrogens is 2. The maximum absolute atomic E-state index is 13.1. The third kappa shape index (κ3) is 2.60. The number of halogens is 2. The lowest BCUT2D eigenvalue weighted by molar-refractivity contribution is 0.450. The van der Waals surface area contributed by atoms with Crippen LogP contribution in [0.3, 0.4) is 0 Å². The van der Waals surface area contributed by atoms with Crippen LogP contribution in [-0.4, -0.2) is 9.97 Å². The first kappa shape index (κ1) is 13.3. The molecule has 1 aliphatic rings. The summed E-state index contributed by atoms with van der Waals surface area (Å²) in [6, 6.07) is 4.23. The van der Waals surface area contributed by atoms with Crippen LogP contribution in [0, 0.1) is 12.7 Å². The first-order valence-electron chi connectivity index (χ1n) is 6.31. The predicted octanol–water partition coefficient (Wildman–Crippen LogP) is 3.94. The molecular weight excluding hydrogens is 325 g/mol. The standard InChI is InChI=1S/C14H13BrFN3O/c1-7-12(17)18-13(8-2-3-8)19-14(7)20-11-5-4-9(16)6-10(11)15/h4-6,8H,2-3H2,1H3,(H2,17,18,19). The van der Waals surface area contributed by atoms with E-state index in [9.17, 15) is 4.39 Å². The summed E-state index contributed by atoms with van der Waals surface area (Å²) in [6.45, 7) is 1.80. The van der Waals surface area contributed by atoms with E-state index in [4.69, 9.17) is 10.5 Å². The van der Waals surface area contributed by atoms with E-state index in [1.165, 1.54) is 12.1 Å². The monoisotopic (exact) mass is 337 g/mol. The number of anilines is 1. The van der Waals surface area contributed by atoms with Gasteiger partial charge < -0.3 is 10.5 Å². The maximum atomic E-state index is 13.1. The number of hydrogen-bond donors (Lipinski definition) is 1. The van der Waals surface area contributed by atoms with Gasteiger partial charge in [-0.3, -0.25) is 0 Å². The Balaban J connectivity index is 1.97. The summed E-state index contributed by atoms with van der Waals surface area (Å²) in [5.41, 5.74) is 6.59. The van der Waals surface area contributed by atoms with E-state index in [0.717, 1.165) is 18.7 Å². The molecule has 0 amide bonds. The van der Waals surface area contributed by atoms with Crippen molar-refractivity contribution in [1.82, 2.24) is 9.97 Å². The second kappa shape index (κ2) is 5.01. The van der Waals surface area contributed by atoms with Gasteiger partial charge in [0.15, 0.2) is 0 Å². The molecule has 1 heterocycles. The fraction of sp³-hybridized carbons (Fsp3) is 0.286. The van der Waals surface area contributed by atoms with Crippen LogP contribution in [0.25, 0.3) is 0 Å². The normalized spacial score (nSPS) is 14.3. The van der Waals surface area contributed by atoms with Crippen LogP contribution < -0.4 is 10.5 Å². The van der Waals surface area contributed by atoms with Crippen molar-refractivity contribution in [1.29, 1.82) is 0 Å². The molecule has 2 N–H and O–H groups in total. The minimum atomic E-state index is -0.332. The van der Waals surface area contributed by atoms with Gasteiger partial charge in [-0.1, -0.05) is 0 Å². The highest BCUT2D eigenvalue weighted by Gasteiger charge is 2.28. The molecule has 0 radical (unpaired) electrons. The topological polar surface area (TPSA) is 61.0 Å². The Morgan fingerprint density at radius 1 is 1.35 bits per heavy atom. The van der Waals surface area contributed by atoms with Gasteiger partial charge in [0.05, 0.1) is 10.0 Å². The van der Waals surface area contributed by atoms with E-state index in [0.29, 0.717) is 33.4 Å². The molecule has 3 rings (SSSR count). The van der Waals surface area contributed by atoms with Gasteiger partial charge in [-0.05, 0) is 53.9 Å². The van der Waals surface area contributed by atoms with Crippen LogP contribution in [0.5, 0.6) is 11.6 Å². The van der Waals surface area contributed by atoms with E-state index in [1.54, 1.807) is 13.0 Å². The van der Waals surface area contributed by atoms with Crippen LogP contribution in [0.15, 0.2) is 22.7 Å². The zero-order chi connectivity index (χ0) is 14.3. The van der Waals surface area contributed by atoms with Crippen molar-refractivity contribution in [2.45, 2.75) is 25.7 Å². The summed E-state index contributed by atoms with van der Waals surface area (Å²) in [6.07, 6.45) is 2.17. The average Bonchev–Trinajstić information content (AvgIpc) is 3.22. The molecule has 1 saturated carbocycles. The van der Waals surface area contributed by atoms with Crippen molar-refractivity contribution in [2.75, 3.05) is 5.73 Å². The molecule has 1 fully saturated rings. The molecule has 2 aromatic rings. The van der Waals surface area contributed by atoms with Crippen LogP contribution in [0.2, 0.25) is 0 Å². The number of benzene rings is 1. The van der Waals surface area contributed by atoms with Gasteiger partial charge in [0.25, 0.3) is 0 Å². The third-order valence-corrected chi connectivity index (χ3v) is 3.82. The summed E-state index contributed by atoms with van der Waals surface area (Å²) in [4.78, 5) is 8.71. The number of rotatable bonds is 3. The Bertz CT molecular complexity index is 674. The van der Waals surface area contributed by atoms with Gasteiger partial charge in [-0.25, -0.2) is 9.37 Å². The Morgan fingerprint density at radius 3 is 2.75 bits per heavy atom. The van der Waals surface area contributed by atoms with E-state index < -0.39 is 0 Å². The molecule has 0 unspecified atom stereocenters. The van der Waals surface area contributed by atoms with Crippen LogP contribution in [0.1, 0.15) is 30.1 Å². The molecule has 104 valence electrons. The molecule has 4 nitrogen and oxygen atoms in total. The SMILES string of the molecule is Cc1c(N)nc(C2CC2)nc1Oc1ccc(F)cc1Br.